The lowest BCUT2D eigenvalue weighted by Crippen LogP contribution is -2.08. The summed E-state index contributed by atoms with van der Waals surface area (Å²) in [4.78, 5) is 14.3. The number of rotatable bonds is 4. The van der Waals surface area contributed by atoms with Crippen LogP contribution in [0.3, 0.4) is 0 Å². The zero-order valence-electron chi connectivity index (χ0n) is 8.51. The molecular formula is C10H10BrF2NO2. The first-order chi connectivity index (χ1) is 7.47. The SMILES string of the molecule is Cc1c(C(F)F)cnc(CC(=O)O)c1CBr. The summed E-state index contributed by atoms with van der Waals surface area (Å²) in [7, 11) is 0. The minimum Gasteiger partial charge on any atom is -0.481 e. The fraction of sp³-hybridized carbons (Fsp3) is 0.400. The van der Waals surface area contributed by atoms with E-state index in [1.165, 1.54) is 0 Å². The molecule has 0 fully saturated rings. The summed E-state index contributed by atoms with van der Waals surface area (Å²) in [5.41, 5.74) is 1.10. The molecule has 6 heteroatoms. The van der Waals surface area contributed by atoms with E-state index < -0.39 is 12.4 Å². The lowest BCUT2D eigenvalue weighted by atomic mass is 10.0. The Morgan fingerprint density at radius 1 is 1.62 bits per heavy atom. The second kappa shape index (κ2) is 5.34. The molecule has 0 saturated heterocycles. The van der Waals surface area contributed by atoms with Gasteiger partial charge in [0.1, 0.15) is 0 Å². The van der Waals surface area contributed by atoms with Gasteiger partial charge in [0.05, 0.1) is 12.1 Å². The predicted octanol–water partition coefficient (Wildman–Crippen LogP) is 2.85. The van der Waals surface area contributed by atoms with Crippen molar-refractivity contribution in [1.82, 2.24) is 4.98 Å². The van der Waals surface area contributed by atoms with Crippen LogP contribution in [0.15, 0.2) is 6.20 Å². The highest BCUT2D eigenvalue weighted by molar-refractivity contribution is 9.08. The minimum atomic E-state index is -2.59. The number of carbonyl (C=O) groups is 1. The van der Waals surface area contributed by atoms with Crippen LogP contribution in [0.1, 0.15) is 28.8 Å². The van der Waals surface area contributed by atoms with Crippen LogP contribution < -0.4 is 0 Å². The molecule has 1 heterocycles. The van der Waals surface area contributed by atoms with Crippen molar-refractivity contribution in [2.75, 3.05) is 0 Å². The summed E-state index contributed by atoms with van der Waals surface area (Å²) < 4.78 is 25.1. The second-order valence-corrected chi connectivity index (χ2v) is 3.83. The quantitative estimate of drug-likeness (QED) is 0.869. The number of halogens is 3. The molecule has 0 aliphatic rings. The first-order valence-electron chi connectivity index (χ1n) is 4.50. The molecule has 1 aromatic heterocycles. The van der Waals surface area contributed by atoms with E-state index in [-0.39, 0.29) is 12.0 Å². The Morgan fingerprint density at radius 2 is 2.25 bits per heavy atom. The van der Waals surface area contributed by atoms with Crippen LogP contribution in [0.25, 0.3) is 0 Å². The fourth-order valence-electron chi connectivity index (χ4n) is 1.41. The number of alkyl halides is 3. The number of carboxylic acid groups (broad SMARTS) is 1. The molecule has 1 N–H and O–H groups in total. The maximum atomic E-state index is 12.6. The number of hydrogen-bond acceptors (Lipinski definition) is 2. The van der Waals surface area contributed by atoms with Crippen LogP contribution in [-0.4, -0.2) is 16.1 Å². The summed E-state index contributed by atoms with van der Waals surface area (Å²) in [6.07, 6.45) is -1.81. The Balaban J connectivity index is 3.23. The van der Waals surface area contributed by atoms with Crippen LogP contribution in [0.2, 0.25) is 0 Å². The van der Waals surface area contributed by atoms with Gasteiger partial charge in [0.25, 0.3) is 6.43 Å². The Hall–Kier alpha value is -1.04. The zero-order chi connectivity index (χ0) is 12.3. The first-order valence-corrected chi connectivity index (χ1v) is 5.62. The predicted molar refractivity (Wildman–Crippen MR) is 57.9 cm³/mol. The van der Waals surface area contributed by atoms with E-state index in [1.54, 1.807) is 6.92 Å². The molecule has 3 nitrogen and oxygen atoms in total. The van der Waals surface area contributed by atoms with Gasteiger partial charge in [-0.2, -0.15) is 0 Å². The molecule has 1 rings (SSSR count). The van der Waals surface area contributed by atoms with Gasteiger partial charge in [-0.1, -0.05) is 15.9 Å². The largest absolute Gasteiger partial charge is 0.481 e. The standard InChI is InChI=1S/C10H10BrF2NO2/c1-5-6(3-11)8(2-9(15)16)14-4-7(5)10(12)13/h4,10H,2-3H2,1H3,(H,15,16). The van der Waals surface area contributed by atoms with Gasteiger partial charge in [-0.25, -0.2) is 8.78 Å². The molecule has 88 valence electrons. The highest BCUT2D eigenvalue weighted by Gasteiger charge is 2.17. The first kappa shape index (κ1) is 13.0. The smallest absolute Gasteiger partial charge is 0.309 e. The van der Waals surface area contributed by atoms with Crippen LogP contribution in [0, 0.1) is 6.92 Å². The van der Waals surface area contributed by atoms with Gasteiger partial charge < -0.3 is 5.11 Å². The maximum Gasteiger partial charge on any atom is 0.309 e. The number of hydrogen-bond donors (Lipinski definition) is 1. The summed E-state index contributed by atoms with van der Waals surface area (Å²) >= 11 is 3.15. The molecule has 0 bridgehead atoms. The molecule has 1 aromatic rings. The lowest BCUT2D eigenvalue weighted by Gasteiger charge is -2.12. The number of carboxylic acids is 1. The van der Waals surface area contributed by atoms with Crippen molar-refractivity contribution in [1.29, 1.82) is 0 Å². The molecule has 0 unspecified atom stereocenters. The fourth-order valence-corrected chi connectivity index (χ4v) is 2.15. The summed E-state index contributed by atoms with van der Waals surface area (Å²) in [6.45, 7) is 1.55. The van der Waals surface area contributed by atoms with Crippen molar-refractivity contribution in [3.8, 4) is 0 Å². The van der Waals surface area contributed by atoms with Gasteiger partial charge in [-0.3, -0.25) is 9.78 Å². The van der Waals surface area contributed by atoms with E-state index in [0.29, 0.717) is 22.2 Å². The van der Waals surface area contributed by atoms with E-state index in [2.05, 4.69) is 20.9 Å². The maximum absolute atomic E-state index is 12.6. The summed E-state index contributed by atoms with van der Waals surface area (Å²) in [5, 5.41) is 8.97. The van der Waals surface area contributed by atoms with Crippen molar-refractivity contribution in [3.05, 3.63) is 28.6 Å². The Morgan fingerprint density at radius 3 is 2.69 bits per heavy atom. The van der Waals surface area contributed by atoms with E-state index in [9.17, 15) is 13.6 Å². The Bertz CT molecular complexity index is 410. The van der Waals surface area contributed by atoms with Gasteiger partial charge in [-0.15, -0.1) is 0 Å². The van der Waals surface area contributed by atoms with Crippen molar-refractivity contribution in [2.24, 2.45) is 0 Å². The molecule has 0 amide bonds. The second-order valence-electron chi connectivity index (χ2n) is 3.27. The number of aromatic nitrogens is 1. The topological polar surface area (TPSA) is 50.2 Å². The van der Waals surface area contributed by atoms with Gasteiger partial charge in [0, 0.05) is 17.1 Å². The van der Waals surface area contributed by atoms with Crippen LogP contribution in [-0.2, 0) is 16.5 Å². The molecule has 0 spiro atoms. The Kier molecular flexibility index (Phi) is 4.35. The normalized spacial score (nSPS) is 10.8. The van der Waals surface area contributed by atoms with Gasteiger partial charge >= 0.3 is 5.97 Å². The Labute approximate surface area is 99.6 Å². The molecule has 0 atom stereocenters. The molecule has 0 radical (unpaired) electrons. The average Bonchev–Trinajstić information content (AvgIpc) is 2.16. The third kappa shape index (κ3) is 2.75. The summed E-state index contributed by atoms with van der Waals surface area (Å²) in [6, 6.07) is 0. The molecule has 16 heavy (non-hydrogen) atoms. The minimum absolute atomic E-state index is 0.149. The van der Waals surface area contributed by atoms with Crippen LogP contribution in [0.5, 0.6) is 0 Å². The highest BCUT2D eigenvalue weighted by atomic mass is 79.9. The lowest BCUT2D eigenvalue weighted by molar-refractivity contribution is -0.136. The molecule has 0 aliphatic heterocycles. The highest BCUT2D eigenvalue weighted by Crippen LogP contribution is 2.27. The summed E-state index contributed by atoms with van der Waals surface area (Å²) in [5.74, 6) is -1.03. The van der Waals surface area contributed by atoms with Crippen molar-refractivity contribution < 1.29 is 18.7 Å². The third-order valence-electron chi connectivity index (χ3n) is 2.28. The molecule has 0 aromatic carbocycles. The van der Waals surface area contributed by atoms with Gasteiger partial charge in [0.2, 0.25) is 0 Å². The zero-order valence-corrected chi connectivity index (χ0v) is 10.1. The average molecular weight is 294 g/mol. The molecule has 0 aliphatic carbocycles. The van der Waals surface area contributed by atoms with E-state index in [0.717, 1.165) is 6.20 Å². The van der Waals surface area contributed by atoms with Gasteiger partial charge in [-0.05, 0) is 18.1 Å². The third-order valence-corrected chi connectivity index (χ3v) is 2.84. The van der Waals surface area contributed by atoms with E-state index >= 15 is 0 Å². The molecule has 0 saturated carbocycles. The van der Waals surface area contributed by atoms with Crippen molar-refractivity contribution in [3.63, 3.8) is 0 Å². The van der Waals surface area contributed by atoms with Gasteiger partial charge in [0.15, 0.2) is 0 Å². The van der Waals surface area contributed by atoms with Crippen LogP contribution in [0.4, 0.5) is 8.78 Å². The number of nitrogens with zero attached hydrogens (tertiary/aromatic N) is 1. The van der Waals surface area contributed by atoms with E-state index in [4.69, 9.17) is 5.11 Å². The number of aliphatic carboxylic acids is 1. The molecular weight excluding hydrogens is 284 g/mol. The van der Waals surface area contributed by atoms with E-state index in [1.807, 2.05) is 0 Å². The van der Waals surface area contributed by atoms with Crippen LogP contribution >= 0.6 is 15.9 Å². The van der Waals surface area contributed by atoms with Crippen molar-refractivity contribution in [2.45, 2.75) is 25.1 Å². The van der Waals surface area contributed by atoms with Crippen molar-refractivity contribution >= 4 is 21.9 Å². The monoisotopic (exact) mass is 293 g/mol. The number of pyridine rings is 1.